The van der Waals surface area contributed by atoms with Gasteiger partial charge >= 0.3 is 0 Å². The molecule has 0 amide bonds. The number of carbonyl (C=O) groups excluding carboxylic acids is 4. The van der Waals surface area contributed by atoms with Crippen LogP contribution < -0.4 is 24.8 Å². The minimum Gasteiger partial charge on any atom is -1.00 e. The minimum atomic E-state index is 0. The summed E-state index contributed by atoms with van der Waals surface area (Å²) in [7, 11) is 0. The molecule has 0 N–H and O–H groups in total. The maximum absolute atomic E-state index is 8.00. The van der Waals surface area contributed by atoms with Crippen LogP contribution in [0.5, 0.6) is 0 Å². The Morgan fingerprint density at radius 3 is 0.455 bits per heavy atom. The molecule has 7 heteroatoms. The number of hydrogen-bond acceptors (Lipinski definition) is 4. The normalized spacial score (nSPS) is 1.45. The maximum Gasteiger partial charge on any atom is 0.106 e. The van der Waals surface area contributed by atoms with Crippen LogP contribution in [0.4, 0.5) is 0 Å². The van der Waals surface area contributed by atoms with Gasteiger partial charge in [-0.1, -0.05) is 0 Å². The molecule has 0 aliphatic rings. The smallest absolute Gasteiger partial charge is 0.106 e. The molecule has 0 spiro atoms. The van der Waals surface area contributed by atoms with E-state index in [-0.39, 0.29) is 44.9 Å². The molecule has 0 heterocycles. The fourth-order valence-electron chi connectivity index (χ4n) is 0. The minimum absolute atomic E-state index is 0. The summed E-state index contributed by atoms with van der Waals surface area (Å²) >= 11 is 0. The fourth-order valence-corrected chi connectivity index (χ4v) is 0. The van der Waals surface area contributed by atoms with Crippen molar-refractivity contribution in [1.82, 2.24) is 0 Å². The number of hydrogen-bond donors (Lipinski definition) is 0. The first-order chi connectivity index (χ1) is 4.00. The molecule has 1 radical (unpaired) electrons. The van der Waals surface area contributed by atoms with E-state index in [4.69, 9.17) is 19.2 Å². The quantitative estimate of drug-likeness (QED) is 0.417. The molecule has 0 aliphatic heterocycles. The number of rotatable bonds is 0. The molecule has 0 unspecified atom stereocenters. The topological polar surface area (TPSA) is 68.3 Å². The summed E-state index contributed by atoms with van der Waals surface area (Å²) in [6, 6.07) is 0. The maximum atomic E-state index is 8.00. The van der Waals surface area contributed by atoms with E-state index < -0.39 is 0 Å². The van der Waals surface area contributed by atoms with Gasteiger partial charge in [0.05, 0.1) is 0 Å². The molecule has 0 aromatic heterocycles. The standard InChI is InChI=1S/4CH2O.2ClH.Ir/c4*1-2;;;/h4*1H2;2*1H;/p-2. The predicted molar refractivity (Wildman–Crippen MR) is 28.5 cm³/mol. The SMILES string of the molecule is C=O.C=O.C=O.C=O.[Cl-].[Cl-].[Ir]. The first kappa shape index (κ1) is 70.1. The molecule has 0 aromatic rings. The Labute approximate surface area is 91.3 Å². The summed E-state index contributed by atoms with van der Waals surface area (Å²) in [6.45, 7) is 8.00. The molecule has 0 atom stereocenters. The second-order valence-corrected chi connectivity index (χ2v) is 0. The third-order valence-corrected chi connectivity index (χ3v) is 0. The van der Waals surface area contributed by atoms with Gasteiger partial charge in [0.2, 0.25) is 0 Å². The van der Waals surface area contributed by atoms with Gasteiger partial charge in [-0.05, 0) is 0 Å². The van der Waals surface area contributed by atoms with Crippen molar-refractivity contribution in [3.63, 3.8) is 0 Å². The van der Waals surface area contributed by atoms with Crippen molar-refractivity contribution < 1.29 is 64.1 Å². The van der Waals surface area contributed by atoms with E-state index in [9.17, 15) is 0 Å². The van der Waals surface area contributed by atoms with Crippen LogP contribution in [0.25, 0.3) is 0 Å². The zero-order chi connectivity index (χ0) is 8.00. The predicted octanol–water partition coefficient (Wildman–Crippen LogP) is -6.73. The van der Waals surface area contributed by atoms with Crippen LogP contribution in [0.15, 0.2) is 0 Å². The van der Waals surface area contributed by atoms with Gasteiger partial charge in [0.25, 0.3) is 0 Å². The summed E-state index contributed by atoms with van der Waals surface area (Å²) in [6.07, 6.45) is 0. The molecule has 4 nitrogen and oxygen atoms in total. The zero-order valence-corrected chi connectivity index (χ0v) is 9.46. The van der Waals surface area contributed by atoms with Crippen molar-refractivity contribution in [3.05, 3.63) is 0 Å². The van der Waals surface area contributed by atoms with Gasteiger partial charge in [0.15, 0.2) is 0 Å². The van der Waals surface area contributed by atoms with Gasteiger partial charge in [-0.25, -0.2) is 0 Å². The molecule has 0 saturated carbocycles. The Kier molecular flexibility index (Phi) is 610000. The second-order valence-electron chi connectivity index (χ2n) is 0. The fraction of sp³-hybridized carbons (Fsp3) is 0. The van der Waals surface area contributed by atoms with Gasteiger partial charge in [-0.3, -0.25) is 0 Å². The summed E-state index contributed by atoms with van der Waals surface area (Å²) in [5, 5.41) is 0. The van der Waals surface area contributed by atoms with Gasteiger partial charge < -0.3 is 44.0 Å². The first-order valence-electron chi connectivity index (χ1n) is 1.15. The molecule has 0 fully saturated rings. The van der Waals surface area contributed by atoms with Crippen LogP contribution in [0, 0.1) is 0 Å². The first-order valence-corrected chi connectivity index (χ1v) is 1.15. The summed E-state index contributed by atoms with van der Waals surface area (Å²) in [4.78, 5) is 32.0. The Morgan fingerprint density at radius 2 is 0.455 bits per heavy atom. The van der Waals surface area contributed by atoms with Crippen LogP contribution >= 0.6 is 0 Å². The number of halogens is 2. The van der Waals surface area contributed by atoms with E-state index >= 15 is 0 Å². The molecular weight excluding hydrogens is 375 g/mol. The Balaban J connectivity index is -0.00000000356. The van der Waals surface area contributed by atoms with E-state index in [1.807, 2.05) is 27.2 Å². The van der Waals surface area contributed by atoms with Crippen molar-refractivity contribution >= 4 is 27.2 Å². The van der Waals surface area contributed by atoms with Crippen molar-refractivity contribution in [3.8, 4) is 0 Å². The van der Waals surface area contributed by atoms with E-state index in [0.717, 1.165) is 0 Å². The van der Waals surface area contributed by atoms with Crippen LogP contribution in [-0.4, -0.2) is 27.2 Å². The Morgan fingerprint density at radius 1 is 0.455 bits per heavy atom. The molecular formula is C4H8Cl2IrO4-2. The Bertz CT molecular complexity index is 28.1. The zero-order valence-electron chi connectivity index (χ0n) is 5.55. The van der Waals surface area contributed by atoms with Crippen LogP contribution in [0.1, 0.15) is 0 Å². The average Bonchev–Trinajstić information content (AvgIpc) is 2.03. The second kappa shape index (κ2) is 95700. The molecule has 0 aromatic carbocycles. The summed E-state index contributed by atoms with van der Waals surface area (Å²) in [5.41, 5.74) is 0. The summed E-state index contributed by atoms with van der Waals surface area (Å²) in [5.74, 6) is 0. The van der Waals surface area contributed by atoms with Gasteiger partial charge in [-0.15, -0.1) is 0 Å². The third-order valence-electron chi connectivity index (χ3n) is 0. The number of carbonyl (C=O) groups is 4. The van der Waals surface area contributed by atoms with Gasteiger partial charge in [-0.2, -0.15) is 0 Å². The molecule has 11 heavy (non-hydrogen) atoms. The molecule has 0 aliphatic carbocycles. The van der Waals surface area contributed by atoms with Crippen LogP contribution in [0.3, 0.4) is 0 Å². The molecule has 0 bridgehead atoms. The Hall–Kier alpha value is -0.0906. The van der Waals surface area contributed by atoms with Crippen molar-refractivity contribution in [2.45, 2.75) is 0 Å². The molecule has 73 valence electrons. The van der Waals surface area contributed by atoms with Crippen molar-refractivity contribution in [2.24, 2.45) is 0 Å². The average molecular weight is 383 g/mol. The van der Waals surface area contributed by atoms with E-state index in [1.54, 1.807) is 0 Å². The molecule has 0 saturated heterocycles. The van der Waals surface area contributed by atoms with Crippen LogP contribution in [-0.2, 0) is 39.3 Å². The van der Waals surface area contributed by atoms with Crippen LogP contribution in [0.2, 0.25) is 0 Å². The van der Waals surface area contributed by atoms with E-state index in [1.165, 1.54) is 0 Å². The molecule has 0 rings (SSSR count). The van der Waals surface area contributed by atoms with Gasteiger partial charge in [0.1, 0.15) is 27.2 Å². The van der Waals surface area contributed by atoms with Gasteiger partial charge in [0, 0.05) is 20.1 Å². The monoisotopic (exact) mass is 383 g/mol. The summed E-state index contributed by atoms with van der Waals surface area (Å²) < 4.78 is 0. The van der Waals surface area contributed by atoms with E-state index in [0.29, 0.717) is 0 Å². The third kappa shape index (κ3) is 75400. The largest absolute Gasteiger partial charge is 1.00 e. The van der Waals surface area contributed by atoms with Crippen molar-refractivity contribution in [1.29, 1.82) is 0 Å². The van der Waals surface area contributed by atoms with E-state index in [2.05, 4.69) is 0 Å². The van der Waals surface area contributed by atoms with Crippen molar-refractivity contribution in [2.75, 3.05) is 0 Å².